The van der Waals surface area contributed by atoms with Gasteiger partial charge in [0.25, 0.3) is 0 Å². The van der Waals surface area contributed by atoms with Gasteiger partial charge >= 0.3 is 0 Å². The Morgan fingerprint density at radius 1 is 1.26 bits per heavy atom. The number of nitrogens with zero attached hydrogens (tertiary/aromatic N) is 3. The van der Waals surface area contributed by atoms with E-state index in [1.807, 2.05) is 6.07 Å². The monoisotopic (exact) mass is 388 g/mol. The van der Waals surface area contributed by atoms with Crippen LogP contribution in [0.1, 0.15) is 44.6 Å². The average molecular weight is 389 g/mol. The Morgan fingerprint density at radius 3 is 2.78 bits per heavy atom. The van der Waals surface area contributed by atoms with Crippen LogP contribution in [0.2, 0.25) is 5.02 Å². The Labute approximate surface area is 169 Å². The molecule has 4 rings (SSSR count). The molecule has 1 atom stereocenters. The van der Waals surface area contributed by atoms with Crippen molar-refractivity contribution in [3.63, 3.8) is 0 Å². The summed E-state index contributed by atoms with van der Waals surface area (Å²) in [7, 11) is 0. The highest BCUT2D eigenvalue weighted by atomic mass is 35.5. The van der Waals surface area contributed by atoms with Gasteiger partial charge in [-0.1, -0.05) is 23.7 Å². The maximum atomic E-state index is 6.22. The lowest BCUT2D eigenvalue weighted by molar-refractivity contribution is 0.281. The number of likely N-dealkylation sites (tertiary alicyclic amines) is 2. The summed E-state index contributed by atoms with van der Waals surface area (Å²) in [5.41, 5.74) is 1.56. The van der Waals surface area contributed by atoms with Gasteiger partial charge in [0.15, 0.2) is 5.96 Å². The SMILES string of the molecule is CCNC(=NCC1(c2cccc(Cl)c2)CC1)N1CCC(CN2CCCC2)C1. The van der Waals surface area contributed by atoms with E-state index in [9.17, 15) is 0 Å². The van der Waals surface area contributed by atoms with Crippen LogP contribution in [0.4, 0.5) is 0 Å². The molecule has 1 aromatic rings. The van der Waals surface area contributed by atoms with Gasteiger partial charge in [0.2, 0.25) is 0 Å². The van der Waals surface area contributed by atoms with Crippen molar-refractivity contribution in [3.8, 4) is 0 Å². The molecule has 4 nitrogen and oxygen atoms in total. The van der Waals surface area contributed by atoms with E-state index in [-0.39, 0.29) is 5.41 Å². The summed E-state index contributed by atoms with van der Waals surface area (Å²) >= 11 is 6.22. The molecule has 3 fully saturated rings. The smallest absolute Gasteiger partial charge is 0.193 e. The summed E-state index contributed by atoms with van der Waals surface area (Å²) < 4.78 is 0. The van der Waals surface area contributed by atoms with Crippen molar-refractivity contribution in [2.75, 3.05) is 45.8 Å². The van der Waals surface area contributed by atoms with Crippen LogP contribution in [0.5, 0.6) is 0 Å². The molecule has 0 radical (unpaired) electrons. The molecular weight excluding hydrogens is 356 g/mol. The molecule has 1 N–H and O–H groups in total. The van der Waals surface area contributed by atoms with Crippen LogP contribution in [0.25, 0.3) is 0 Å². The third kappa shape index (κ3) is 4.60. The molecule has 0 bridgehead atoms. The van der Waals surface area contributed by atoms with Gasteiger partial charge in [0.05, 0.1) is 6.54 Å². The molecule has 5 heteroatoms. The predicted octanol–water partition coefficient (Wildman–Crippen LogP) is 3.75. The van der Waals surface area contributed by atoms with Gasteiger partial charge in [-0.05, 0) is 75.7 Å². The largest absolute Gasteiger partial charge is 0.357 e. The zero-order valence-corrected chi connectivity index (χ0v) is 17.3. The summed E-state index contributed by atoms with van der Waals surface area (Å²) in [4.78, 5) is 10.2. The Kier molecular flexibility index (Phi) is 5.93. The summed E-state index contributed by atoms with van der Waals surface area (Å²) in [5, 5.41) is 4.37. The summed E-state index contributed by atoms with van der Waals surface area (Å²) in [5.74, 6) is 1.89. The van der Waals surface area contributed by atoms with E-state index in [2.05, 4.69) is 40.2 Å². The fraction of sp³-hybridized carbons (Fsp3) is 0.682. The van der Waals surface area contributed by atoms with Crippen LogP contribution in [-0.4, -0.2) is 61.6 Å². The fourth-order valence-corrected chi connectivity index (χ4v) is 4.85. The number of aliphatic imine (C=N–C) groups is 1. The molecule has 0 aromatic heterocycles. The Balaban J connectivity index is 1.39. The van der Waals surface area contributed by atoms with Crippen molar-refractivity contribution >= 4 is 17.6 Å². The highest BCUT2D eigenvalue weighted by Gasteiger charge is 2.44. The molecule has 148 valence electrons. The van der Waals surface area contributed by atoms with Gasteiger partial charge in [-0.25, -0.2) is 0 Å². The summed E-state index contributed by atoms with van der Waals surface area (Å²) in [6.07, 6.45) is 6.49. The van der Waals surface area contributed by atoms with Gasteiger partial charge < -0.3 is 15.1 Å². The molecule has 3 aliphatic rings. The summed E-state index contributed by atoms with van der Waals surface area (Å²) in [6, 6.07) is 8.36. The molecule has 27 heavy (non-hydrogen) atoms. The van der Waals surface area contributed by atoms with E-state index in [1.165, 1.54) is 57.3 Å². The number of hydrogen-bond donors (Lipinski definition) is 1. The number of guanidine groups is 1. The standard InChI is InChI=1S/C22H33ClN4/c1-2-24-21(27-13-8-18(16-27)15-26-11-3-4-12-26)25-17-22(9-10-22)19-6-5-7-20(23)14-19/h5-7,14,18H,2-4,8-13,15-17H2,1H3,(H,24,25). The second kappa shape index (κ2) is 8.40. The molecule has 0 amide bonds. The van der Waals surface area contributed by atoms with Crippen LogP contribution in [0, 0.1) is 5.92 Å². The number of rotatable bonds is 6. The molecule has 1 aliphatic carbocycles. The first-order valence-corrected chi connectivity index (χ1v) is 11.1. The lowest BCUT2D eigenvalue weighted by Gasteiger charge is -2.24. The topological polar surface area (TPSA) is 30.9 Å². The second-order valence-electron chi connectivity index (χ2n) is 8.57. The number of benzene rings is 1. The van der Waals surface area contributed by atoms with Crippen molar-refractivity contribution in [2.24, 2.45) is 10.9 Å². The van der Waals surface area contributed by atoms with Crippen LogP contribution in [0.3, 0.4) is 0 Å². The molecule has 0 spiro atoms. The third-order valence-electron chi connectivity index (χ3n) is 6.46. The molecule has 2 heterocycles. The van der Waals surface area contributed by atoms with Crippen molar-refractivity contribution < 1.29 is 0 Å². The Morgan fingerprint density at radius 2 is 2.07 bits per heavy atom. The molecule has 1 aromatic carbocycles. The number of nitrogens with one attached hydrogen (secondary N) is 1. The zero-order chi connectivity index (χ0) is 18.7. The Bertz CT molecular complexity index is 664. The van der Waals surface area contributed by atoms with E-state index in [1.54, 1.807) is 0 Å². The molecule has 2 aliphatic heterocycles. The van der Waals surface area contributed by atoms with Crippen molar-refractivity contribution in [2.45, 2.75) is 44.4 Å². The van der Waals surface area contributed by atoms with Gasteiger partial charge in [-0.3, -0.25) is 4.99 Å². The Hall–Kier alpha value is -1.26. The van der Waals surface area contributed by atoms with Crippen LogP contribution in [-0.2, 0) is 5.41 Å². The van der Waals surface area contributed by atoms with Gasteiger partial charge in [-0.15, -0.1) is 0 Å². The van der Waals surface area contributed by atoms with E-state index in [0.29, 0.717) is 0 Å². The first kappa shape index (κ1) is 19.1. The quantitative estimate of drug-likeness (QED) is 0.594. The maximum Gasteiger partial charge on any atom is 0.193 e. The van der Waals surface area contributed by atoms with E-state index in [0.717, 1.165) is 43.1 Å². The van der Waals surface area contributed by atoms with E-state index in [4.69, 9.17) is 16.6 Å². The van der Waals surface area contributed by atoms with E-state index >= 15 is 0 Å². The van der Waals surface area contributed by atoms with Crippen LogP contribution >= 0.6 is 11.6 Å². The molecule has 1 unspecified atom stereocenters. The van der Waals surface area contributed by atoms with E-state index < -0.39 is 0 Å². The molecule has 1 saturated carbocycles. The first-order chi connectivity index (χ1) is 13.2. The first-order valence-electron chi connectivity index (χ1n) is 10.7. The zero-order valence-electron chi connectivity index (χ0n) is 16.6. The van der Waals surface area contributed by atoms with Gasteiger partial charge in [-0.2, -0.15) is 0 Å². The normalized spacial score (nSPS) is 25.2. The fourth-order valence-electron chi connectivity index (χ4n) is 4.66. The average Bonchev–Trinajstić information content (AvgIpc) is 3.04. The van der Waals surface area contributed by atoms with Gasteiger partial charge in [0, 0.05) is 36.6 Å². The van der Waals surface area contributed by atoms with Crippen molar-refractivity contribution in [1.82, 2.24) is 15.1 Å². The minimum Gasteiger partial charge on any atom is -0.357 e. The van der Waals surface area contributed by atoms with Gasteiger partial charge in [0.1, 0.15) is 0 Å². The molecule has 2 saturated heterocycles. The second-order valence-corrected chi connectivity index (χ2v) is 9.01. The third-order valence-corrected chi connectivity index (χ3v) is 6.69. The van der Waals surface area contributed by atoms with Crippen LogP contribution in [0.15, 0.2) is 29.3 Å². The van der Waals surface area contributed by atoms with Crippen molar-refractivity contribution in [3.05, 3.63) is 34.9 Å². The summed E-state index contributed by atoms with van der Waals surface area (Å²) in [6.45, 7) is 10.1. The highest BCUT2D eigenvalue weighted by Crippen LogP contribution is 2.48. The number of hydrogen-bond acceptors (Lipinski definition) is 2. The van der Waals surface area contributed by atoms with Crippen molar-refractivity contribution in [1.29, 1.82) is 0 Å². The van der Waals surface area contributed by atoms with Crippen LogP contribution < -0.4 is 5.32 Å². The predicted molar refractivity (Wildman–Crippen MR) is 114 cm³/mol. The number of halogens is 1. The maximum absolute atomic E-state index is 6.22. The lowest BCUT2D eigenvalue weighted by atomic mass is 9.96. The highest BCUT2D eigenvalue weighted by molar-refractivity contribution is 6.30. The lowest BCUT2D eigenvalue weighted by Crippen LogP contribution is -2.41. The molecular formula is C22H33ClN4. The minimum atomic E-state index is 0.209. The minimum absolute atomic E-state index is 0.209.